The second-order valence-corrected chi connectivity index (χ2v) is 10.5. The van der Waals surface area contributed by atoms with Gasteiger partial charge in [0.1, 0.15) is 6.54 Å². The third kappa shape index (κ3) is 6.46. The average molecular weight is 558 g/mol. The lowest BCUT2D eigenvalue weighted by atomic mass is 10.1. The summed E-state index contributed by atoms with van der Waals surface area (Å²) in [7, 11) is -4.11. The van der Waals surface area contributed by atoms with Gasteiger partial charge < -0.3 is 9.64 Å². The number of hydrogen-bond acceptors (Lipinski definition) is 8. The van der Waals surface area contributed by atoms with Crippen LogP contribution in [0.25, 0.3) is 0 Å². The molecule has 198 valence electrons. The third-order valence-corrected chi connectivity index (χ3v) is 7.70. The molecule has 1 N–H and O–H groups in total. The van der Waals surface area contributed by atoms with Crippen molar-refractivity contribution in [1.29, 1.82) is 0 Å². The van der Waals surface area contributed by atoms with Crippen LogP contribution < -0.4 is 14.6 Å². The molecular formula is C25H24ClN5O6S. The first-order valence-electron chi connectivity index (χ1n) is 11.5. The van der Waals surface area contributed by atoms with E-state index in [0.717, 1.165) is 4.31 Å². The summed E-state index contributed by atoms with van der Waals surface area (Å²) < 4.78 is 33.1. The topological polar surface area (TPSA) is 134 Å². The zero-order valence-corrected chi connectivity index (χ0v) is 21.6. The number of amides is 1. The first kappa shape index (κ1) is 27.0. The van der Waals surface area contributed by atoms with Crippen molar-refractivity contribution >= 4 is 50.8 Å². The molecule has 0 radical (unpaired) electrons. The lowest BCUT2D eigenvalue weighted by Crippen LogP contribution is -2.39. The van der Waals surface area contributed by atoms with Gasteiger partial charge in [0.15, 0.2) is 0 Å². The fraction of sp³-hybridized carbons (Fsp3) is 0.200. The van der Waals surface area contributed by atoms with E-state index in [1.807, 2.05) is 4.90 Å². The number of ether oxygens (including phenoxy) is 1. The molecule has 1 aliphatic heterocycles. The van der Waals surface area contributed by atoms with Crippen molar-refractivity contribution in [3.8, 4) is 0 Å². The van der Waals surface area contributed by atoms with E-state index in [1.54, 1.807) is 36.4 Å². The van der Waals surface area contributed by atoms with Crippen molar-refractivity contribution in [3.63, 3.8) is 0 Å². The SMILES string of the molecule is O=C(CN(c1cccc(Cl)c1)S(=O)(=O)c1ccccc1)N/N=C\c1cc([N+](=O)[O-])ccc1N1CCOCC1. The number of nitrogens with zero attached hydrogens (tertiary/aromatic N) is 4. The van der Waals surface area contributed by atoms with E-state index in [9.17, 15) is 23.3 Å². The monoisotopic (exact) mass is 557 g/mol. The van der Waals surface area contributed by atoms with E-state index in [4.69, 9.17) is 16.3 Å². The van der Waals surface area contributed by atoms with Gasteiger partial charge in [-0.15, -0.1) is 0 Å². The van der Waals surface area contributed by atoms with Crippen molar-refractivity contribution in [1.82, 2.24) is 5.43 Å². The molecule has 38 heavy (non-hydrogen) atoms. The Kier molecular flexibility index (Phi) is 8.56. The van der Waals surface area contributed by atoms with Crippen molar-refractivity contribution < 1.29 is 22.9 Å². The zero-order valence-electron chi connectivity index (χ0n) is 20.1. The van der Waals surface area contributed by atoms with Gasteiger partial charge in [0.25, 0.3) is 21.6 Å². The van der Waals surface area contributed by atoms with E-state index in [0.29, 0.717) is 42.6 Å². The Hall–Kier alpha value is -4.00. The van der Waals surface area contributed by atoms with E-state index in [2.05, 4.69) is 10.5 Å². The Morgan fingerprint density at radius 3 is 2.53 bits per heavy atom. The van der Waals surface area contributed by atoms with E-state index in [-0.39, 0.29) is 16.3 Å². The van der Waals surface area contributed by atoms with E-state index >= 15 is 0 Å². The number of anilines is 2. The number of rotatable bonds is 9. The summed E-state index contributed by atoms with van der Waals surface area (Å²) in [5.74, 6) is -0.723. The Bertz CT molecular complexity index is 1450. The van der Waals surface area contributed by atoms with Crippen LogP contribution in [0.5, 0.6) is 0 Å². The molecule has 0 unspecified atom stereocenters. The highest BCUT2D eigenvalue weighted by Gasteiger charge is 2.27. The first-order chi connectivity index (χ1) is 18.3. The molecular weight excluding hydrogens is 534 g/mol. The van der Waals surface area contributed by atoms with Crippen molar-refractivity contribution in [2.24, 2.45) is 5.10 Å². The average Bonchev–Trinajstić information content (AvgIpc) is 2.92. The Morgan fingerprint density at radius 1 is 1.11 bits per heavy atom. The van der Waals surface area contributed by atoms with Crippen LogP contribution in [0.15, 0.2) is 82.8 Å². The van der Waals surface area contributed by atoms with E-state index < -0.39 is 27.4 Å². The first-order valence-corrected chi connectivity index (χ1v) is 13.3. The van der Waals surface area contributed by atoms with E-state index in [1.165, 1.54) is 42.6 Å². The minimum atomic E-state index is -4.11. The number of nitro benzene ring substituents is 1. The number of nitrogens with one attached hydrogen (secondary N) is 1. The molecule has 0 aliphatic carbocycles. The number of sulfonamides is 1. The summed E-state index contributed by atoms with van der Waals surface area (Å²) in [6.45, 7) is 1.63. The van der Waals surface area contributed by atoms with Crippen molar-refractivity contribution in [3.05, 3.63) is 93.5 Å². The number of hydrazone groups is 1. The summed E-state index contributed by atoms with van der Waals surface area (Å²) in [5.41, 5.74) is 3.52. The fourth-order valence-corrected chi connectivity index (χ4v) is 5.48. The highest BCUT2D eigenvalue weighted by molar-refractivity contribution is 7.92. The van der Waals surface area contributed by atoms with Gasteiger partial charge in [-0.2, -0.15) is 5.10 Å². The van der Waals surface area contributed by atoms with Crippen LogP contribution in [0.1, 0.15) is 5.56 Å². The van der Waals surface area contributed by atoms with Gasteiger partial charge >= 0.3 is 0 Å². The molecule has 0 bridgehead atoms. The molecule has 4 rings (SSSR count). The van der Waals surface area contributed by atoms with Crippen molar-refractivity contribution in [2.75, 3.05) is 42.1 Å². The Morgan fingerprint density at radius 2 is 1.84 bits per heavy atom. The molecule has 0 spiro atoms. The molecule has 1 amide bonds. The molecule has 0 aromatic heterocycles. The number of halogens is 1. The standard InChI is InChI=1S/C25H24ClN5O6S/c26-20-5-4-6-21(16-20)30(38(35,36)23-7-2-1-3-8-23)18-25(32)28-27-17-19-15-22(31(33)34)9-10-24(19)29-11-13-37-14-12-29/h1-10,15-17H,11-14,18H2,(H,28,32)/b27-17-. The molecule has 1 heterocycles. The highest BCUT2D eigenvalue weighted by atomic mass is 35.5. The molecule has 0 atom stereocenters. The summed E-state index contributed by atoms with van der Waals surface area (Å²) in [5, 5.41) is 15.6. The van der Waals surface area contributed by atoms with Gasteiger partial charge in [-0.3, -0.25) is 19.2 Å². The number of morpholine rings is 1. The van der Waals surface area contributed by atoms with Crippen LogP contribution in [0, 0.1) is 10.1 Å². The predicted octanol–water partition coefficient (Wildman–Crippen LogP) is 3.43. The second-order valence-electron chi connectivity index (χ2n) is 8.20. The third-order valence-electron chi connectivity index (χ3n) is 5.68. The molecule has 1 aliphatic rings. The summed E-state index contributed by atoms with van der Waals surface area (Å²) in [6, 6.07) is 18.2. The van der Waals surface area contributed by atoms with Crippen LogP contribution in [-0.4, -0.2) is 58.3 Å². The smallest absolute Gasteiger partial charge is 0.270 e. The van der Waals surface area contributed by atoms with Gasteiger partial charge in [-0.25, -0.2) is 13.8 Å². The van der Waals surface area contributed by atoms with Gasteiger partial charge in [0.2, 0.25) is 0 Å². The maximum absolute atomic E-state index is 13.4. The van der Waals surface area contributed by atoms with Crippen LogP contribution in [0.2, 0.25) is 5.02 Å². The van der Waals surface area contributed by atoms with Crippen molar-refractivity contribution in [2.45, 2.75) is 4.90 Å². The second kappa shape index (κ2) is 12.0. The molecule has 3 aromatic rings. The number of nitro groups is 1. The van der Waals surface area contributed by atoms with Gasteiger partial charge in [-0.05, 0) is 36.4 Å². The lowest BCUT2D eigenvalue weighted by Gasteiger charge is -2.29. The maximum atomic E-state index is 13.4. The van der Waals surface area contributed by atoms with Crippen LogP contribution in [0.4, 0.5) is 17.1 Å². The number of benzene rings is 3. The zero-order chi connectivity index (χ0) is 27.1. The van der Waals surface area contributed by atoms with Crippen LogP contribution in [0.3, 0.4) is 0 Å². The normalized spacial score (nSPS) is 13.9. The minimum absolute atomic E-state index is 0.00280. The van der Waals surface area contributed by atoms with Gasteiger partial charge in [0.05, 0.1) is 34.9 Å². The molecule has 13 heteroatoms. The van der Waals surface area contributed by atoms with Crippen LogP contribution >= 0.6 is 11.6 Å². The Labute approximate surface area is 224 Å². The summed E-state index contributed by atoms with van der Waals surface area (Å²) >= 11 is 6.08. The molecule has 1 fully saturated rings. The number of hydrogen-bond donors (Lipinski definition) is 1. The highest BCUT2D eigenvalue weighted by Crippen LogP contribution is 2.27. The maximum Gasteiger partial charge on any atom is 0.270 e. The fourth-order valence-electron chi connectivity index (χ4n) is 3.86. The number of non-ortho nitro benzene ring substituents is 1. The van der Waals surface area contributed by atoms with Crippen LogP contribution in [-0.2, 0) is 19.6 Å². The minimum Gasteiger partial charge on any atom is -0.378 e. The Balaban J connectivity index is 1.57. The molecule has 0 saturated carbocycles. The quantitative estimate of drug-likeness (QED) is 0.242. The summed E-state index contributed by atoms with van der Waals surface area (Å²) in [4.78, 5) is 25.6. The van der Waals surface area contributed by atoms with Gasteiger partial charge in [0, 0.05) is 41.5 Å². The molecule has 1 saturated heterocycles. The summed E-state index contributed by atoms with van der Waals surface area (Å²) in [6.07, 6.45) is 1.30. The predicted molar refractivity (Wildman–Crippen MR) is 144 cm³/mol. The van der Waals surface area contributed by atoms with Gasteiger partial charge in [-0.1, -0.05) is 35.9 Å². The molecule has 11 nitrogen and oxygen atoms in total. The lowest BCUT2D eigenvalue weighted by molar-refractivity contribution is -0.384. The largest absolute Gasteiger partial charge is 0.378 e. The molecule has 3 aromatic carbocycles. The number of carbonyl (C=O) groups excluding carboxylic acids is 1. The number of carbonyl (C=O) groups is 1.